The zero-order valence-electron chi connectivity index (χ0n) is 17.6. The van der Waals surface area contributed by atoms with Crippen LogP contribution in [0.3, 0.4) is 0 Å². The van der Waals surface area contributed by atoms with Crippen molar-refractivity contribution in [2.24, 2.45) is 0 Å². The average molecular weight is 479 g/mol. The first-order valence-electron chi connectivity index (χ1n) is 10.1. The van der Waals surface area contributed by atoms with Crippen LogP contribution < -0.4 is 0 Å². The first kappa shape index (κ1) is 21.4. The number of thiazole rings is 1. The molecule has 1 aliphatic rings. The summed E-state index contributed by atoms with van der Waals surface area (Å²) in [6.45, 7) is 9.23. The maximum atomic E-state index is 13.0. The highest BCUT2D eigenvalue weighted by atomic mass is 32.2. The maximum absolute atomic E-state index is 13.0. The van der Waals surface area contributed by atoms with Gasteiger partial charge in [-0.25, -0.2) is 9.97 Å². The van der Waals surface area contributed by atoms with Gasteiger partial charge in [-0.2, -0.15) is 0 Å². The molecule has 0 radical (unpaired) electrons. The number of rotatable bonds is 4. The van der Waals surface area contributed by atoms with Crippen molar-refractivity contribution in [3.05, 3.63) is 59.2 Å². The number of aromatic nitrogens is 4. The number of morpholine rings is 1. The van der Waals surface area contributed by atoms with E-state index in [1.165, 1.54) is 11.3 Å². The van der Waals surface area contributed by atoms with Crippen molar-refractivity contribution in [2.45, 2.75) is 4.90 Å². The third-order valence-corrected chi connectivity index (χ3v) is 7.15. The maximum Gasteiger partial charge on any atom is 0.281 e. The number of nitrogens with zero attached hydrogens (tertiary/aromatic N) is 6. The SMILES string of the molecule is [C-]#[N+]c1csc(-c2cnc(-n3cc(S(C)=O)c4ccc(C(=O)N5CCOCC5)cc43)nc2)n1. The largest absolute Gasteiger partial charge is 0.378 e. The molecular weight excluding hydrogens is 460 g/mol. The Bertz CT molecular complexity index is 1410. The highest BCUT2D eigenvalue weighted by molar-refractivity contribution is 7.84. The van der Waals surface area contributed by atoms with Crippen LogP contribution in [0.1, 0.15) is 10.4 Å². The molecule has 33 heavy (non-hydrogen) atoms. The van der Waals surface area contributed by atoms with E-state index < -0.39 is 10.8 Å². The number of amides is 1. The highest BCUT2D eigenvalue weighted by Gasteiger charge is 2.21. The fraction of sp³-hybridized carbons (Fsp3) is 0.227. The van der Waals surface area contributed by atoms with Crippen LogP contribution in [0.2, 0.25) is 0 Å². The van der Waals surface area contributed by atoms with E-state index in [0.717, 1.165) is 5.39 Å². The molecule has 0 saturated carbocycles. The summed E-state index contributed by atoms with van der Waals surface area (Å²) in [5.74, 6) is 0.657. The summed E-state index contributed by atoms with van der Waals surface area (Å²) in [5.41, 5.74) is 1.96. The molecular formula is C22H18N6O3S2. The molecule has 11 heteroatoms. The lowest BCUT2D eigenvalue weighted by molar-refractivity contribution is 0.0303. The molecule has 1 aliphatic heterocycles. The number of benzene rings is 1. The van der Waals surface area contributed by atoms with Crippen molar-refractivity contribution in [1.82, 2.24) is 24.4 Å². The number of ether oxygens (including phenoxy) is 1. The van der Waals surface area contributed by atoms with Crippen LogP contribution in [0.4, 0.5) is 5.82 Å². The summed E-state index contributed by atoms with van der Waals surface area (Å²) >= 11 is 1.36. The van der Waals surface area contributed by atoms with E-state index >= 15 is 0 Å². The van der Waals surface area contributed by atoms with Gasteiger partial charge in [-0.1, -0.05) is 12.6 Å². The molecule has 0 aliphatic carbocycles. The lowest BCUT2D eigenvalue weighted by atomic mass is 10.1. The first-order valence-corrected chi connectivity index (χ1v) is 12.5. The van der Waals surface area contributed by atoms with Gasteiger partial charge in [0, 0.05) is 54.3 Å². The monoisotopic (exact) mass is 478 g/mol. The van der Waals surface area contributed by atoms with Gasteiger partial charge >= 0.3 is 0 Å². The van der Waals surface area contributed by atoms with Crippen LogP contribution in [-0.4, -0.2) is 67.1 Å². The van der Waals surface area contributed by atoms with Crippen molar-refractivity contribution >= 4 is 44.8 Å². The van der Waals surface area contributed by atoms with Gasteiger partial charge in [0.2, 0.25) is 11.0 Å². The molecule has 0 N–H and O–H groups in total. The second-order valence-corrected chi connectivity index (χ2v) is 9.55. The molecule has 4 aromatic rings. The van der Waals surface area contributed by atoms with Gasteiger partial charge in [0.15, 0.2) is 0 Å². The summed E-state index contributed by atoms with van der Waals surface area (Å²) in [6.07, 6.45) is 6.66. The molecule has 1 unspecified atom stereocenters. The Hall–Kier alpha value is -3.46. The Morgan fingerprint density at radius 2 is 2.00 bits per heavy atom. The number of carbonyl (C=O) groups is 1. The number of hydrogen-bond acceptors (Lipinski definition) is 7. The van der Waals surface area contributed by atoms with Gasteiger partial charge in [-0.15, -0.1) is 16.3 Å². The zero-order valence-corrected chi connectivity index (χ0v) is 19.2. The van der Waals surface area contributed by atoms with Crippen LogP contribution >= 0.6 is 11.3 Å². The predicted octanol–water partition coefficient (Wildman–Crippen LogP) is 3.30. The van der Waals surface area contributed by atoms with E-state index in [9.17, 15) is 9.00 Å². The molecule has 1 aromatic carbocycles. The van der Waals surface area contributed by atoms with Gasteiger partial charge in [0.1, 0.15) is 0 Å². The topological polar surface area (TPSA) is 94.6 Å². The van der Waals surface area contributed by atoms with Crippen LogP contribution in [0.25, 0.3) is 32.3 Å². The number of carbonyl (C=O) groups excluding carboxylic acids is 1. The quantitative estimate of drug-likeness (QED) is 0.418. The molecule has 166 valence electrons. The number of fused-ring (bicyclic) bond motifs is 1. The number of hydrogen-bond donors (Lipinski definition) is 0. The van der Waals surface area contributed by atoms with E-state index in [0.29, 0.717) is 64.6 Å². The van der Waals surface area contributed by atoms with Gasteiger partial charge in [-0.3, -0.25) is 13.6 Å². The Labute approximate surface area is 196 Å². The second-order valence-electron chi connectivity index (χ2n) is 7.35. The third kappa shape index (κ3) is 4.04. The summed E-state index contributed by atoms with van der Waals surface area (Å²) in [4.78, 5) is 31.9. The van der Waals surface area contributed by atoms with E-state index in [2.05, 4.69) is 19.8 Å². The molecule has 4 heterocycles. The Morgan fingerprint density at radius 3 is 2.67 bits per heavy atom. The van der Waals surface area contributed by atoms with Crippen LogP contribution in [0, 0.1) is 6.57 Å². The lowest BCUT2D eigenvalue weighted by Crippen LogP contribution is -2.40. The summed E-state index contributed by atoms with van der Waals surface area (Å²) in [5, 5.41) is 3.13. The molecule has 5 rings (SSSR count). The zero-order chi connectivity index (χ0) is 22.9. The molecule has 0 spiro atoms. The molecule has 1 atom stereocenters. The van der Waals surface area contributed by atoms with Gasteiger partial charge in [-0.05, 0) is 12.1 Å². The minimum Gasteiger partial charge on any atom is -0.378 e. The lowest BCUT2D eigenvalue weighted by Gasteiger charge is -2.26. The van der Waals surface area contributed by atoms with Gasteiger partial charge in [0.25, 0.3) is 11.7 Å². The predicted molar refractivity (Wildman–Crippen MR) is 125 cm³/mol. The minimum absolute atomic E-state index is 0.0669. The van der Waals surface area contributed by atoms with Crippen molar-refractivity contribution in [2.75, 3.05) is 32.6 Å². The fourth-order valence-corrected chi connectivity index (χ4v) is 5.12. The van der Waals surface area contributed by atoms with E-state index in [4.69, 9.17) is 11.3 Å². The molecule has 1 saturated heterocycles. The summed E-state index contributed by atoms with van der Waals surface area (Å²) in [7, 11) is -1.24. The van der Waals surface area contributed by atoms with Crippen LogP contribution in [0.5, 0.6) is 0 Å². The molecule has 1 fully saturated rings. The standard InChI is InChI=1S/C22H18N6O3S2/c1-23-19-13-32-20(26-19)15-10-24-22(25-11-15)28-12-18(33(2)30)16-4-3-14(9-17(16)28)21(29)27-5-7-31-8-6-27/h3-4,9-13H,5-8H2,2H3. The second kappa shape index (κ2) is 8.82. The first-order chi connectivity index (χ1) is 16.0. The average Bonchev–Trinajstić information content (AvgIpc) is 3.49. The fourth-order valence-electron chi connectivity index (χ4n) is 3.68. The van der Waals surface area contributed by atoms with Gasteiger partial charge in [0.05, 0.1) is 40.0 Å². The Kier molecular flexibility index (Phi) is 5.72. The van der Waals surface area contributed by atoms with Crippen molar-refractivity contribution in [3.63, 3.8) is 0 Å². The van der Waals surface area contributed by atoms with Crippen LogP contribution in [-0.2, 0) is 15.5 Å². The third-order valence-electron chi connectivity index (χ3n) is 5.33. The molecule has 3 aromatic heterocycles. The highest BCUT2D eigenvalue weighted by Crippen LogP contribution is 2.29. The van der Waals surface area contributed by atoms with Crippen molar-refractivity contribution in [1.29, 1.82) is 0 Å². The van der Waals surface area contributed by atoms with E-state index in [1.54, 1.807) is 51.8 Å². The minimum atomic E-state index is -1.24. The van der Waals surface area contributed by atoms with E-state index in [1.807, 2.05) is 6.07 Å². The normalized spacial score (nSPS) is 14.8. The molecule has 0 bridgehead atoms. The Balaban J connectivity index is 1.55. The van der Waals surface area contributed by atoms with Crippen molar-refractivity contribution in [3.8, 4) is 16.5 Å². The Morgan fingerprint density at radius 1 is 1.24 bits per heavy atom. The smallest absolute Gasteiger partial charge is 0.281 e. The molecule has 1 amide bonds. The van der Waals surface area contributed by atoms with Crippen molar-refractivity contribution < 1.29 is 13.7 Å². The van der Waals surface area contributed by atoms with Gasteiger partial charge < -0.3 is 14.5 Å². The molecule has 9 nitrogen and oxygen atoms in total. The summed E-state index contributed by atoms with van der Waals surface area (Å²) < 4.78 is 19.5. The van der Waals surface area contributed by atoms with Crippen LogP contribution in [0.15, 0.2) is 47.1 Å². The van der Waals surface area contributed by atoms with E-state index in [-0.39, 0.29) is 5.91 Å². The summed E-state index contributed by atoms with van der Waals surface area (Å²) in [6, 6.07) is 5.39.